The van der Waals surface area contributed by atoms with Crippen LogP contribution in [0.3, 0.4) is 0 Å². The van der Waals surface area contributed by atoms with Gasteiger partial charge in [0, 0.05) is 20.1 Å². The van der Waals surface area contributed by atoms with Gasteiger partial charge in [0.1, 0.15) is 11.6 Å². The minimum absolute atomic E-state index is 0.000402. The molecule has 0 saturated carbocycles. The van der Waals surface area contributed by atoms with Crippen molar-refractivity contribution in [2.24, 2.45) is 0 Å². The fourth-order valence-electron chi connectivity index (χ4n) is 2.31. The summed E-state index contributed by atoms with van der Waals surface area (Å²) in [7, 11) is 1.67. The molecule has 1 unspecified atom stereocenters. The number of anilines is 2. The summed E-state index contributed by atoms with van der Waals surface area (Å²) in [6.07, 6.45) is 1.57. The fraction of sp³-hybridized carbons (Fsp3) is 0.583. The Morgan fingerprint density at radius 3 is 2.89 bits per heavy atom. The van der Waals surface area contributed by atoms with Gasteiger partial charge in [-0.15, -0.1) is 0 Å². The molecule has 1 aromatic rings. The number of aliphatic hydroxyl groups is 1. The lowest BCUT2D eigenvalue weighted by Crippen LogP contribution is -2.46. The Bertz CT molecular complexity index is 490. The predicted molar refractivity (Wildman–Crippen MR) is 72.5 cm³/mol. The lowest BCUT2D eigenvalue weighted by Gasteiger charge is -2.37. The molecule has 2 heterocycles. The maximum Gasteiger partial charge on any atom is 0.276 e. The van der Waals surface area contributed by atoms with Crippen LogP contribution >= 0.6 is 0 Å². The zero-order chi connectivity index (χ0) is 14.0. The van der Waals surface area contributed by atoms with Gasteiger partial charge in [-0.3, -0.25) is 10.1 Å². The average molecular weight is 266 g/mol. The number of hydrogen-bond acceptors (Lipinski definition) is 6. The van der Waals surface area contributed by atoms with Gasteiger partial charge >= 0.3 is 0 Å². The van der Waals surface area contributed by atoms with Gasteiger partial charge in [0.15, 0.2) is 0 Å². The fourth-order valence-corrected chi connectivity index (χ4v) is 2.31. The van der Waals surface area contributed by atoms with Gasteiger partial charge in [0.2, 0.25) is 0 Å². The number of nitrogens with one attached hydrogen (secondary N) is 1. The predicted octanol–water partition coefficient (Wildman–Crippen LogP) is 1.38. The monoisotopic (exact) mass is 266 g/mol. The lowest BCUT2D eigenvalue weighted by atomic mass is 9.95. The van der Waals surface area contributed by atoms with Gasteiger partial charge < -0.3 is 15.3 Å². The highest BCUT2D eigenvalue weighted by molar-refractivity contribution is 5.56. The van der Waals surface area contributed by atoms with E-state index in [9.17, 15) is 15.2 Å². The van der Waals surface area contributed by atoms with Crippen LogP contribution in [0.1, 0.15) is 19.8 Å². The van der Waals surface area contributed by atoms with Crippen molar-refractivity contribution in [3.8, 4) is 0 Å². The van der Waals surface area contributed by atoms with E-state index < -0.39 is 10.5 Å². The molecule has 2 rings (SSSR count). The minimum Gasteiger partial charge on any atom is -0.388 e. The molecule has 19 heavy (non-hydrogen) atoms. The number of nitro groups is 1. The zero-order valence-corrected chi connectivity index (χ0v) is 11.1. The Morgan fingerprint density at radius 2 is 2.32 bits per heavy atom. The standard InChI is InChI=1S/C12H18N4O3/c1-12(17)4-3-5-15(8-12)11-7-9(16(18)19)6-10(13-2)14-11/h6-7,17H,3-5,8H2,1-2H3,(H,13,14). The molecule has 1 saturated heterocycles. The number of hydrogen-bond donors (Lipinski definition) is 2. The van der Waals surface area contributed by atoms with Crippen LogP contribution in [-0.2, 0) is 0 Å². The van der Waals surface area contributed by atoms with E-state index in [0.29, 0.717) is 18.2 Å². The summed E-state index contributed by atoms with van der Waals surface area (Å²) in [5.74, 6) is 0.980. The summed E-state index contributed by atoms with van der Waals surface area (Å²) in [4.78, 5) is 16.7. The van der Waals surface area contributed by atoms with Crippen molar-refractivity contribution in [3.63, 3.8) is 0 Å². The van der Waals surface area contributed by atoms with E-state index in [-0.39, 0.29) is 5.69 Å². The molecule has 0 amide bonds. The van der Waals surface area contributed by atoms with E-state index in [1.165, 1.54) is 12.1 Å². The van der Waals surface area contributed by atoms with Crippen LogP contribution in [0.15, 0.2) is 12.1 Å². The molecule has 0 aliphatic carbocycles. The van der Waals surface area contributed by atoms with E-state index in [0.717, 1.165) is 19.4 Å². The number of aromatic nitrogens is 1. The molecule has 1 aliphatic heterocycles. The van der Waals surface area contributed by atoms with Crippen molar-refractivity contribution in [3.05, 3.63) is 22.2 Å². The van der Waals surface area contributed by atoms with Crippen LogP contribution in [-0.4, -0.2) is 40.8 Å². The Morgan fingerprint density at radius 1 is 1.58 bits per heavy atom. The summed E-state index contributed by atoms with van der Waals surface area (Å²) < 4.78 is 0. The first-order chi connectivity index (χ1) is 8.91. The van der Waals surface area contributed by atoms with Crippen molar-refractivity contribution in [2.75, 3.05) is 30.4 Å². The van der Waals surface area contributed by atoms with Gasteiger partial charge in [-0.05, 0) is 19.8 Å². The van der Waals surface area contributed by atoms with E-state index in [2.05, 4.69) is 10.3 Å². The zero-order valence-electron chi connectivity index (χ0n) is 11.1. The molecular weight excluding hydrogens is 248 g/mol. The quantitative estimate of drug-likeness (QED) is 0.634. The normalized spacial score (nSPS) is 23.2. The number of rotatable bonds is 3. The van der Waals surface area contributed by atoms with Crippen LogP contribution in [0, 0.1) is 10.1 Å². The van der Waals surface area contributed by atoms with Gasteiger partial charge in [0.25, 0.3) is 5.69 Å². The lowest BCUT2D eigenvalue weighted by molar-refractivity contribution is -0.384. The van der Waals surface area contributed by atoms with Crippen molar-refractivity contribution in [1.82, 2.24) is 4.98 Å². The van der Waals surface area contributed by atoms with Crippen molar-refractivity contribution < 1.29 is 10.0 Å². The molecule has 104 valence electrons. The molecule has 2 N–H and O–H groups in total. The third kappa shape index (κ3) is 3.11. The van der Waals surface area contributed by atoms with Gasteiger partial charge in [-0.2, -0.15) is 0 Å². The maximum absolute atomic E-state index is 10.9. The molecule has 1 fully saturated rings. The average Bonchev–Trinajstić information content (AvgIpc) is 2.37. The molecule has 7 nitrogen and oxygen atoms in total. The number of pyridine rings is 1. The molecule has 1 aliphatic rings. The third-order valence-electron chi connectivity index (χ3n) is 3.26. The van der Waals surface area contributed by atoms with Gasteiger partial charge in [-0.25, -0.2) is 4.98 Å². The summed E-state index contributed by atoms with van der Waals surface area (Å²) in [6, 6.07) is 2.84. The molecule has 1 aromatic heterocycles. The molecule has 0 spiro atoms. The highest BCUT2D eigenvalue weighted by atomic mass is 16.6. The summed E-state index contributed by atoms with van der Waals surface area (Å²) >= 11 is 0. The van der Waals surface area contributed by atoms with Crippen LogP contribution < -0.4 is 10.2 Å². The highest BCUT2D eigenvalue weighted by Gasteiger charge is 2.29. The van der Waals surface area contributed by atoms with E-state index in [4.69, 9.17) is 0 Å². The summed E-state index contributed by atoms with van der Waals surface area (Å²) in [5, 5.41) is 23.8. The van der Waals surface area contributed by atoms with E-state index >= 15 is 0 Å². The van der Waals surface area contributed by atoms with Crippen LogP contribution in [0.4, 0.5) is 17.3 Å². The number of nitrogens with zero attached hydrogens (tertiary/aromatic N) is 3. The molecule has 0 radical (unpaired) electrons. The summed E-state index contributed by atoms with van der Waals surface area (Å²) in [5.41, 5.74) is -0.774. The molecule has 1 atom stereocenters. The minimum atomic E-state index is -0.773. The smallest absolute Gasteiger partial charge is 0.276 e. The highest BCUT2D eigenvalue weighted by Crippen LogP contribution is 2.28. The Kier molecular flexibility index (Phi) is 3.57. The Balaban J connectivity index is 2.33. The first-order valence-electron chi connectivity index (χ1n) is 6.23. The maximum atomic E-state index is 10.9. The van der Waals surface area contributed by atoms with Crippen molar-refractivity contribution in [1.29, 1.82) is 0 Å². The topological polar surface area (TPSA) is 91.5 Å². The SMILES string of the molecule is CNc1cc([N+](=O)[O-])cc(N2CCCC(C)(O)C2)n1. The third-order valence-corrected chi connectivity index (χ3v) is 3.26. The summed E-state index contributed by atoms with van der Waals surface area (Å²) in [6.45, 7) is 2.95. The van der Waals surface area contributed by atoms with Crippen LogP contribution in [0.25, 0.3) is 0 Å². The molecule has 0 bridgehead atoms. The first kappa shape index (κ1) is 13.5. The van der Waals surface area contributed by atoms with Crippen LogP contribution in [0.5, 0.6) is 0 Å². The Labute approximate surface area is 111 Å². The largest absolute Gasteiger partial charge is 0.388 e. The second kappa shape index (κ2) is 5.00. The molecule has 7 heteroatoms. The second-order valence-corrected chi connectivity index (χ2v) is 5.10. The van der Waals surface area contributed by atoms with E-state index in [1.807, 2.05) is 4.90 Å². The number of β-amino-alcohol motifs (C(OH)–C–C–N with tert-alkyl or cyclic N) is 1. The van der Waals surface area contributed by atoms with E-state index in [1.54, 1.807) is 14.0 Å². The van der Waals surface area contributed by atoms with Gasteiger partial charge in [-0.1, -0.05) is 0 Å². The van der Waals surface area contributed by atoms with Gasteiger partial charge in [0.05, 0.1) is 22.7 Å². The van der Waals surface area contributed by atoms with Crippen molar-refractivity contribution >= 4 is 17.3 Å². The number of piperidine rings is 1. The molecule has 0 aromatic carbocycles. The second-order valence-electron chi connectivity index (χ2n) is 5.10. The molecular formula is C12H18N4O3. The Hall–Kier alpha value is -1.89. The van der Waals surface area contributed by atoms with Crippen molar-refractivity contribution in [2.45, 2.75) is 25.4 Å². The first-order valence-corrected chi connectivity index (χ1v) is 6.23. The van der Waals surface area contributed by atoms with Crippen LogP contribution in [0.2, 0.25) is 0 Å².